The summed E-state index contributed by atoms with van der Waals surface area (Å²) in [6.07, 6.45) is 4.77. The van der Waals surface area contributed by atoms with Gasteiger partial charge in [0.25, 0.3) is 5.56 Å². The van der Waals surface area contributed by atoms with Gasteiger partial charge in [-0.25, -0.2) is 9.50 Å². The van der Waals surface area contributed by atoms with E-state index >= 15 is 0 Å². The predicted octanol–water partition coefficient (Wildman–Crippen LogP) is 4.11. The first-order valence-corrected chi connectivity index (χ1v) is 17.3. The molecule has 2 fully saturated rings. The molecule has 4 aromatic heterocycles. The molecule has 0 radical (unpaired) electrons. The first-order chi connectivity index (χ1) is 24.6. The summed E-state index contributed by atoms with van der Waals surface area (Å²) in [6.45, 7) is 2.69. The monoisotopic (exact) mass is 730 g/mol. The fourth-order valence-corrected chi connectivity index (χ4v) is 7.24. The molecule has 2 aliphatic heterocycles. The Hall–Kier alpha value is -4.82. The van der Waals surface area contributed by atoms with Crippen LogP contribution in [0.2, 0.25) is 10.0 Å². The van der Waals surface area contributed by atoms with Gasteiger partial charge < -0.3 is 20.1 Å². The van der Waals surface area contributed by atoms with E-state index in [0.29, 0.717) is 100 Å². The largest absolute Gasteiger partial charge is 0.481 e. The van der Waals surface area contributed by atoms with E-state index in [1.807, 2.05) is 35.2 Å². The van der Waals surface area contributed by atoms with Gasteiger partial charge in [0.05, 0.1) is 48.1 Å². The van der Waals surface area contributed by atoms with E-state index in [9.17, 15) is 14.4 Å². The minimum absolute atomic E-state index is 0.0855. The second-order valence-electron chi connectivity index (χ2n) is 12.7. The van der Waals surface area contributed by atoms with Gasteiger partial charge in [-0.3, -0.25) is 28.8 Å². The van der Waals surface area contributed by atoms with Crippen molar-refractivity contribution in [2.75, 3.05) is 33.9 Å². The number of methoxy groups -OCH3 is 2. The number of aromatic nitrogens is 5. The summed E-state index contributed by atoms with van der Waals surface area (Å²) in [5.41, 5.74) is 4.81. The number of hydrogen-bond donors (Lipinski definition) is 2. The maximum atomic E-state index is 13.4. The number of esters is 1. The molecule has 0 saturated carbocycles. The van der Waals surface area contributed by atoms with Gasteiger partial charge in [-0.1, -0.05) is 47.5 Å². The van der Waals surface area contributed by atoms with Crippen molar-refractivity contribution < 1.29 is 19.1 Å². The highest BCUT2D eigenvalue weighted by atomic mass is 35.5. The van der Waals surface area contributed by atoms with Crippen LogP contribution in [0.3, 0.4) is 0 Å². The van der Waals surface area contributed by atoms with Crippen molar-refractivity contribution in [1.82, 2.24) is 39.7 Å². The molecule has 6 heterocycles. The number of carbonyl (C=O) groups is 2. The number of rotatable bonds is 11. The first-order valence-electron chi connectivity index (χ1n) is 16.5. The Bertz CT molecular complexity index is 2210. The number of carbonyl (C=O) groups excluding carboxylic acids is 2. The zero-order valence-corrected chi connectivity index (χ0v) is 29.8. The topological polar surface area (TPSA) is 145 Å². The fraction of sp³-hybridized carbons (Fsp3) is 0.333. The lowest BCUT2D eigenvalue weighted by Crippen LogP contribution is -2.50. The predicted molar refractivity (Wildman–Crippen MR) is 193 cm³/mol. The molecule has 0 unspecified atom stereocenters. The summed E-state index contributed by atoms with van der Waals surface area (Å²) in [4.78, 5) is 48.1. The van der Waals surface area contributed by atoms with Crippen LogP contribution < -0.4 is 20.9 Å². The highest BCUT2D eigenvalue weighted by Gasteiger charge is 2.34. The summed E-state index contributed by atoms with van der Waals surface area (Å²) in [5, 5.41) is 11.9. The summed E-state index contributed by atoms with van der Waals surface area (Å²) in [7, 11) is 4.64. The van der Waals surface area contributed by atoms with Crippen molar-refractivity contribution in [3.05, 3.63) is 86.6 Å². The standard InChI is InChI=1S/C36H36Cl2N8O5/c1-44-29(19-45-16-22(17-45)36(49)51-3)43-46-18-21(13-28(46)35(44)48)33-32(38)25(11-12-40-33)24-5-4-6-26(31(24)37)27-9-7-20(34(42-27)50-2)14-39-15-23-8-10-30(47)41-23/h4-7,9,11-13,18,22-23,39H,8,10,14-17,19H2,1-3H3,(H,41,47)/t23-/m1/s1. The third kappa shape index (κ3) is 6.81. The Kier molecular flexibility index (Phi) is 9.79. The fourth-order valence-electron chi connectivity index (χ4n) is 6.59. The van der Waals surface area contributed by atoms with Crippen LogP contribution in [0.1, 0.15) is 24.2 Å². The normalized spacial score (nSPS) is 16.3. The van der Waals surface area contributed by atoms with Crippen molar-refractivity contribution >= 4 is 40.6 Å². The molecule has 2 saturated heterocycles. The van der Waals surface area contributed by atoms with Crippen LogP contribution in [-0.4, -0.2) is 80.8 Å². The van der Waals surface area contributed by atoms with Crippen molar-refractivity contribution in [2.45, 2.75) is 32.0 Å². The van der Waals surface area contributed by atoms with Crippen LogP contribution >= 0.6 is 23.2 Å². The molecule has 2 N–H and O–H groups in total. The summed E-state index contributed by atoms with van der Waals surface area (Å²) < 4.78 is 13.5. The maximum Gasteiger partial charge on any atom is 0.311 e. The van der Waals surface area contributed by atoms with Crippen molar-refractivity contribution in [1.29, 1.82) is 0 Å². The van der Waals surface area contributed by atoms with E-state index in [4.69, 9.17) is 42.8 Å². The minimum Gasteiger partial charge on any atom is -0.481 e. The second-order valence-corrected chi connectivity index (χ2v) is 13.5. The maximum absolute atomic E-state index is 13.4. The number of nitrogens with zero attached hydrogens (tertiary/aromatic N) is 6. The summed E-state index contributed by atoms with van der Waals surface area (Å²) >= 11 is 14.1. The van der Waals surface area contributed by atoms with Crippen LogP contribution in [0.5, 0.6) is 5.88 Å². The third-order valence-corrected chi connectivity index (χ3v) is 10.2. The van der Waals surface area contributed by atoms with Gasteiger partial charge in [-0.2, -0.15) is 5.10 Å². The first kappa shape index (κ1) is 34.6. The molecule has 51 heavy (non-hydrogen) atoms. The molecule has 7 rings (SSSR count). The van der Waals surface area contributed by atoms with E-state index in [0.717, 1.165) is 12.0 Å². The van der Waals surface area contributed by atoms with E-state index in [2.05, 4.69) is 15.6 Å². The molecule has 1 amide bonds. The number of hydrogen-bond acceptors (Lipinski definition) is 10. The van der Waals surface area contributed by atoms with Crippen LogP contribution in [0.4, 0.5) is 0 Å². The third-order valence-electron chi connectivity index (χ3n) is 9.44. The Morgan fingerprint density at radius 3 is 2.59 bits per heavy atom. The number of nitrogens with one attached hydrogen (secondary N) is 2. The minimum atomic E-state index is -0.234. The van der Waals surface area contributed by atoms with Gasteiger partial charge in [0, 0.05) is 85.9 Å². The Labute approximate surface area is 303 Å². The van der Waals surface area contributed by atoms with Crippen LogP contribution in [0.15, 0.2) is 59.7 Å². The molecule has 0 aliphatic carbocycles. The van der Waals surface area contributed by atoms with Gasteiger partial charge in [0.15, 0.2) is 0 Å². The van der Waals surface area contributed by atoms with Gasteiger partial charge in [0.1, 0.15) is 11.3 Å². The van der Waals surface area contributed by atoms with Crippen molar-refractivity contribution in [2.24, 2.45) is 13.0 Å². The number of likely N-dealkylation sites (tertiary alicyclic amines) is 1. The molecule has 0 bridgehead atoms. The molecule has 1 atom stereocenters. The summed E-state index contributed by atoms with van der Waals surface area (Å²) in [6, 6.07) is 13.2. The molecule has 5 aromatic rings. The number of amides is 1. The van der Waals surface area contributed by atoms with Crippen LogP contribution in [0.25, 0.3) is 39.2 Å². The quantitative estimate of drug-likeness (QED) is 0.191. The molecule has 264 valence electrons. The van der Waals surface area contributed by atoms with Gasteiger partial charge in [-0.15, -0.1) is 0 Å². The molecule has 0 spiro atoms. The molecular weight excluding hydrogens is 695 g/mol. The lowest BCUT2D eigenvalue weighted by Gasteiger charge is -2.37. The lowest BCUT2D eigenvalue weighted by atomic mass is 10.00. The zero-order chi connectivity index (χ0) is 35.8. The average Bonchev–Trinajstić information content (AvgIpc) is 3.74. The van der Waals surface area contributed by atoms with Crippen LogP contribution in [0, 0.1) is 5.92 Å². The number of fused-ring (bicyclic) bond motifs is 1. The summed E-state index contributed by atoms with van der Waals surface area (Å²) in [5.74, 6) is 0.711. The number of halogens is 2. The van der Waals surface area contributed by atoms with E-state index in [1.54, 1.807) is 43.2 Å². The Morgan fingerprint density at radius 2 is 1.84 bits per heavy atom. The van der Waals surface area contributed by atoms with Gasteiger partial charge in [-0.05, 0) is 24.6 Å². The van der Waals surface area contributed by atoms with Gasteiger partial charge >= 0.3 is 5.97 Å². The highest BCUT2D eigenvalue weighted by Crippen LogP contribution is 2.41. The number of pyridine rings is 2. The molecular formula is C36H36Cl2N8O5. The van der Waals surface area contributed by atoms with Crippen molar-refractivity contribution in [3.8, 4) is 39.5 Å². The molecule has 13 nitrogen and oxygen atoms in total. The van der Waals surface area contributed by atoms with Gasteiger partial charge in [0.2, 0.25) is 11.8 Å². The highest BCUT2D eigenvalue weighted by molar-refractivity contribution is 6.39. The lowest BCUT2D eigenvalue weighted by molar-refractivity contribution is -0.151. The second kappa shape index (κ2) is 14.4. The Balaban J connectivity index is 1.14. The number of benzene rings is 1. The number of ether oxygens (including phenoxy) is 2. The SMILES string of the molecule is COC(=O)C1CN(Cc2nn3cc(-c4nccc(-c5cccc(-c6ccc(CNC[C@H]7CCC(=O)N7)c(OC)n6)c5Cl)c4Cl)cc3c(=O)n2C)C1. The zero-order valence-electron chi connectivity index (χ0n) is 28.3. The van der Waals surface area contributed by atoms with E-state index in [1.165, 1.54) is 11.7 Å². The van der Waals surface area contributed by atoms with Crippen molar-refractivity contribution in [3.63, 3.8) is 0 Å². The molecule has 15 heteroatoms. The van der Waals surface area contributed by atoms with Crippen LogP contribution in [-0.2, 0) is 34.5 Å². The Morgan fingerprint density at radius 1 is 1.06 bits per heavy atom. The van der Waals surface area contributed by atoms with E-state index < -0.39 is 0 Å². The molecule has 1 aromatic carbocycles. The molecule has 2 aliphatic rings. The van der Waals surface area contributed by atoms with E-state index in [-0.39, 0.29) is 29.4 Å². The average molecular weight is 732 g/mol. The smallest absolute Gasteiger partial charge is 0.311 e.